The van der Waals surface area contributed by atoms with Crippen LogP contribution in [0.25, 0.3) is 0 Å². The van der Waals surface area contributed by atoms with E-state index in [0.29, 0.717) is 6.61 Å². The fourth-order valence-corrected chi connectivity index (χ4v) is 2.02. The van der Waals surface area contributed by atoms with Gasteiger partial charge in [0.25, 0.3) is 0 Å². The molecule has 0 spiro atoms. The van der Waals surface area contributed by atoms with Gasteiger partial charge in [0.15, 0.2) is 0 Å². The van der Waals surface area contributed by atoms with Gasteiger partial charge in [0.05, 0.1) is 12.1 Å². The van der Waals surface area contributed by atoms with Gasteiger partial charge < -0.3 is 15.2 Å². The van der Waals surface area contributed by atoms with E-state index in [1.807, 2.05) is 6.92 Å². The molecule has 0 aliphatic heterocycles. The molecule has 1 saturated carbocycles. The van der Waals surface area contributed by atoms with Crippen LogP contribution in [0.15, 0.2) is 0 Å². The Hall–Kier alpha value is -0.610. The minimum atomic E-state index is -0.368. The lowest BCUT2D eigenvalue weighted by Crippen LogP contribution is -2.50. The molecule has 0 saturated heterocycles. The normalized spacial score (nSPS) is 19.1. The second-order valence-corrected chi connectivity index (χ2v) is 4.25. The van der Waals surface area contributed by atoms with Crippen LogP contribution in [0.3, 0.4) is 0 Å². The summed E-state index contributed by atoms with van der Waals surface area (Å²) in [6.45, 7) is 2.76. The number of amides is 1. The van der Waals surface area contributed by atoms with Gasteiger partial charge in [-0.25, -0.2) is 0 Å². The van der Waals surface area contributed by atoms with Crippen molar-refractivity contribution in [1.29, 1.82) is 0 Å². The first kappa shape index (κ1) is 12.5. The summed E-state index contributed by atoms with van der Waals surface area (Å²) in [5, 5.41) is 12.2. The zero-order valence-electron chi connectivity index (χ0n) is 9.42. The highest BCUT2D eigenvalue weighted by atomic mass is 16.5. The van der Waals surface area contributed by atoms with Gasteiger partial charge in [-0.1, -0.05) is 19.8 Å². The highest BCUT2D eigenvalue weighted by Crippen LogP contribution is 2.28. The lowest BCUT2D eigenvalue weighted by Gasteiger charge is -2.27. The summed E-state index contributed by atoms with van der Waals surface area (Å²) < 4.78 is 5.15. The summed E-state index contributed by atoms with van der Waals surface area (Å²) in [7, 11) is 0. The van der Waals surface area contributed by atoms with Crippen molar-refractivity contribution in [2.45, 2.75) is 44.6 Å². The number of nitrogens with one attached hydrogen (secondary N) is 1. The largest absolute Gasteiger partial charge is 0.394 e. The molecular formula is C11H21NO3. The van der Waals surface area contributed by atoms with E-state index in [0.717, 1.165) is 32.1 Å². The van der Waals surface area contributed by atoms with E-state index in [1.54, 1.807) is 0 Å². The molecule has 2 N–H and O–H groups in total. The Morgan fingerprint density at radius 2 is 2.13 bits per heavy atom. The average Bonchev–Trinajstić information content (AvgIpc) is 2.67. The standard InChI is InChI=1S/C11H21NO3/c1-2-7-15-8-10(14)12-11(9-13)5-3-4-6-11/h13H,2-9H2,1H3,(H,12,14). The first-order valence-corrected chi connectivity index (χ1v) is 5.72. The summed E-state index contributed by atoms with van der Waals surface area (Å²) in [5.41, 5.74) is -0.368. The van der Waals surface area contributed by atoms with Crippen LogP contribution < -0.4 is 5.32 Å². The van der Waals surface area contributed by atoms with Gasteiger partial charge in [-0.3, -0.25) is 4.79 Å². The first-order chi connectivity index (χ1) is 7.22. The minimum absolute atomic E-state index is 0.0342. The minimum Gasteiger partial charge on any atom is -0.394 e. The van der Waals surface area contributed by atoms with Gasteiger partial charge in [0.1, 0.15) is 6.61 Å². The first-order valence-electron chi connectivity index (χ1n) is 5.72. The predicted molar refractivity (Wildman–Crippen MR) is 57.5 cm³/mol. The fraction of sp³-hybridized carbons (Fsp3) is 0.909. The highest BCUT2D eigenvalue weighted by Gasteiger charge is 2.34. The van der Waals surface area contributed by atoms with Crippen molar-refractivity contribution >= 4 is 5.91 Å². The molecule has 1 amide bonds. The number of hydrogen-bond acceptors (Lipinski definition) is 3. The summed E-state index contributed by atoms with van der Waals surface area (Å²) in [5.74, 6) is -0.112. The Balaban J connectivity index is 2.28. The SMILES string of the molecule is CCCOCC(=O)NC1(CO)CCCC1. The van der Waals surface area contributed by atoms with E-state index in [1.165, 1.54) is 0 Å². The Morgan fingerprint density at radius 1 is 1.47 bits per heavy atom. The van der Waals surface area contributed by atoms with Crippen LogP contribution in [0.2, 0.25) is 0 Å². The van der Waals surface area contributed by atoms with Gasteiger partial charge in [0.2, 0.25) is 5.91 Å². The van der Waals surface area contributed by atoms with Crippen LogP contribution in [-0.4, -0.2) is 36.4 Å². The summed E-state index contributed by atoms with van der Waals surface area (Å²) in [6, 6.07) is 0. The van der Waals surface area contributed by atoms with Crippen molar-refractivity contribution in [3.05, 3.63) is 0 Å². The molecule has 1 fully saturated rings. The number of aliphatic hydroxyl groups excluding tert-OH is 1. The third-order valence-electron chi connectivity index (χ3n) is 2.85. The molecular weight excluding hydrogens is 194 g/mol. The average molecular weight is 215 g/mol. The van der Waals surface area contributed by atoms with Gasteiger partial charge in [-0.15, -0.1) is 0 Å². The Kier molecular flexibility index (Phi) is 5.05. The maximum atomic E-state index is 11.5. The number of aliphatic hydroxyl groups is 1. The zero-order chi connectivity index (χ0) is 11.1. The summed E-state index contributed by atoms with van der Waals surface area (Å²) >= 11 is 0. The molecule has 1 aliphatic rings. The molecule has 1 aliphatic carbocycles. The van der Waals surface area contributed by atoms with Gasteiger partial charge >= 0.3 is 0 Å². The lowest BCUT2D eigenvalue weighted by molar-refractivity contribution is -0.128. The predicted octanol–water partition coefficient (Wildman–Crippen LogP) is 0.834. The molecule has 0 atom stereocenters. The smallest absolute Gasteiger partial charge is 0.246 e. The molecule has 15 heavy (non-hydrogen) atoms. The molecule has 0 radical (unpaired) electrons. The Labute approximate surface area is 91.0 Å². The molecule has 4 heteroatoms. The van der Waals surface area contributed by atoms with Gasteiger partial charge in [-0.2, -0.15) is 0 Å². The van der Waals surface area contributed by atoms with Gasteiger partial charge in [-0.05, 0) is 19.3 Å². The molecule has 0 aromatic carbocycles. The van der Waals surface area contributed by atoms with Crippen molar-refractivity contribution in [3.8, 4) is 0 Å². The number of ether oxygens (including phenoxy) is 1. The fourth-order valence-electron chi connectivity index (χ4n) is 2.02. The van der Waals surface area contributed by atoms with Crippen LogP contribution in [0.4, 0.5) is 0 Å². The monoisotopic (exact) mass is 215 g/mol. The molecule has 0 unspecified atom stereocenters. The summed E-state index contributed by atoms with van der Waals surface area (Å²) in [6.07, 6.45) is 4.83. The van der Waals surface area contributed by atoms with E-state index >= 15 is 0 Å². The molecule has 0 heterocycles. The molecule has 0 bridgehead atoms. The second kappa shape index (κ2) is 6.08. The van der Waals surface area contributed by atoms with E-state index in [4.69, 9.17) is 4.74 Å². The molecule has 1 rings (SSSR count). The number of rotatable bonds is 6. The summed E-state index contributed by atoms with van der Waals surface area (Å²) in [4.78, 5) is 11.5. The number of carbonyl (C=O) groups excluding carboxylic acids is 1. The molecule has 0 aromatic heterocycles. The van der Waals surface area contributed by atoms with Crippen molar-refractivity contribution in [2.24, 2.45) is 0 Å². The second-order valence-electron chi connectivity index (χ2n) is 4.25. The Morgan fingerprint density at radius 3 is 2.67 bits per heavy atom. The van der Waals surface area contributed by atoms with Crippen molar-refractivity contribution in [2.75, 3.05) is 19.8 Å². The Bertz CT molecular complexity index is 200. The van der Waals surface area contributed by atoms with Crippen LogP contribution >= 0.6 is 0 Å². The maximum absolute atomic E-state index is 11.5. The maximum Gasteiger partial charge on any atom is 0.246 e. The van der Waals surface area contributed by atoms with Crippen molar-refractivity contribution in [1.82, 2.24) is 5.32 Å². The van der Waals surface area contributed by atoms with Crippen molar-refractivity contribution in [3.63, 3.8) is 0 Å². The number of carbonyl (C=O) groups is 1. The molecule has 88 valence electrons. The number of hydrogen-bond donors (Lipinski definition) is 2. The van der Waals surface area contributed by atoms with Crippen LogP contribution in [0.1, 0.15) is 39.0 Å². The molecule has 0 aromatic rings. The van der Waals surface area contributed by atoms with E-state index in [-0.39, 0.29) is 24.7 Å². The highest BCUT2D eigenvalue weighted by molar-refractivity contribution is 5.78. The van der Waals surface area contributed by atoms with Crippen LogP contribution in [0.5, 0.6) is 0 Å². The third kappa shape index (κ3) is 3.80. The van der Waals surface area contributed by atoms with Crippen molar-refractivity contribution < 1.29 is 14.6 Å². The lowest BCUT2D eigenvalue weighted by atomic mass is 9.99. The van der Waals surface area contributed by atoms with Crippen LogP contribution in [-0.2, 0) is 9.53 Å². The van der Waals surface area contributed by atoms with E-state index in [9.17, 15) is 9.90 Å². The van der Waals surface area contributed by atoms with Crippen LogP contribution in [0, 0.1) is 0 Å². The van der Waals surface area contributed by atoms with E-state index < -0.39 is 0 Å². The van der Waals surface area contributed by atoms with Gasteiger partial charge in [0, 0.05) is 6.61 Å². The zero-order valence-corrected chi connectivity index (χ0v) is 9.42. The third-order valence-corrected chi connectivity index (χ3v) is 2.85. The van der Waals surface area contributed by atoms with E-state index in [2.05, 4.69) is 5.32 Å². The quantitative estimate of drug-likeness (QED) is 0.645. The topological polar surface area (TPSA) is 58.6 Å². The molecule has 4 nitrogen and oxygen atoms in total.